The SMILES string of the molecule is COc1ccc(-c2ncc(C)s2)c(-c2nc3cc(-c4cnc(N)nc4)ccc3n2C(C)(C)C)c1. The molecule has 0 atom stereocenters. The van der Waals surface area contributed by atoms with E-state index in [-0.39, 0.29) is 11.5 Å². The van der Waals surface area contributed by atoms with Crippen LogP contribution in [0.2, 0.25) is 0 Å². The number of nitrogens with two attached hydrogens (primary N) is 1. The summed E-state index contributed by atoms with van der Waals surface area (Å²) in [6.45, 7) is 8.63. The Bertz CT molecular complexity index is 1490. The zero-order chi connectivity index (χ0) is 24.0. The highest BCUT2D eigenvalue weighted by Crippen LogP contribution is 2.40. The maximum atomic E-state index is 5.67. The van der Waals surface area contributed by atoms with Gasteiger partial charge in [0.25, 0.3) is 0 Å². The normalized spacial score (nSPS) is 11.8. The van der Waals surface area contributed by atoms with E-state index in [1.54, 1.807) is 30.8 Å². The average molecular weight is 471 g/mol. The van der Waals surface area contributed by atoms with Crippen molar-refractivity contribution in [1.82, 2.24) is 24.5 Å². The van der Waals surface area contributed by atoms with Gasteiger partial charge in [0.05, 0.1) is 18.1 Å². The summed E-state index contributed by atoms with van der Waals surface area (Å²) in [6.07, 6.45) is 5.37. The largest absolute Gasteiger partial charge is 0.497 e. The molecule has 0 spiro atoms. The minimum Gasteiger partial charge on any atom is -0.497 e. The van der Waals surface area contributed by atoms with E-state index in [1.165, 1.54) is 0 Å². The smallest absolute Gasteiger partial charge is 0.219 e. The van der Waals surface area contributed by atoms with E-state index in [2.05, 4.69) is 71.5 Å². The number of fused-ring (bicyclic) bond motifs is 1. The summed E-state index contributed by atoms with van der Waals surface area (Å²) in [5, 5.41) is 0.961. The lowest BCUT2D eigenvalue weighted by Crippen LogP contribution is -2.22. The number of rotatable bonds is 4. The predicted octanol–water partition coefficient (Wildman–Crippen LogP) is 5.94. The van der Waals surface area contributed by atoms with Crippen molar-refractivity contribution in [3.8, 4) is 38.8 Å². The Kier molecular flexibility index (Phi) is 5.32. The number of hydrogen-bond donors (Lipinski definition) is 1. The highest BCUT2D eigenvalue weighted by atomic mass is 32.1. The number of hydrogen-bond acceptors (Lipinski definition) is 7. The Morgan fingerprint density at radius 2 is 1.68 bits per heavy atom. The van der Waals surface area contributed by atoms with Crippen molar-refractivity contribution in [2.75, 3.05) is 12.8 Å². The van der Waals surface area contributed by atoms with Crippen LogP contribution < -0.4 is 10.5 Å². The molecule has 3 heterocycles. The molecule has 0 aliphatic rings. The second-order valence-electron chi connectivity index (χ2n) is 9.16. The molecular formula is C26H26N6OS. The van der Waals surface area contributed by atoms with Crippen molar-refractivity contribution >= 4 is 28.3 Å². The standard InChI is InChI=1S/C26H26N6OS/c1-15-12-28-24(34-15)19-8-7-18(33-5)11-20(19)23-31-21-10-16(17-13-29-25(27)30-14-17)6-9-22(21)32(23)26(2,3)4/h6-14H,1-5H3,(H2,27,29,30). The molecule has 0 saturated heterocycles. The number of aryl methyl sites for hydroxylation is 1. The number of nitrogens with zero attached hydrogens (tertiary/aromatic N) is 5. The van der Waals surface area contributed by atoms with Crippen LogP contribution in [-0.4, -0.2) is 31.6 Å². The van der Waals surface area contributed by atoms with Crippen molar-refractivity contribution in [3.05, 3.63) is 59.9 Å². The number of nitrogen functional groups attached to an aromatic ring is 1. The molecule has 0 saturated carbocycles. The third-order valence-corrected chi connectivity index (χ3v) is 6.60. The average Bonchev–Trinajstić information content (AvgIpc) is 3.42. The van der Waals surface area contributed by atoms with Crippen molar-refractivity contribution in [3.63, 3.8) is 0 Å². The Morgan fingerprint density at radius 3 is 2.32 bits per heavy atom. The van der Waals surface area contributed by atoms with Gasteiger partial charge in [-0.15, -0.1) is 11.3 Å². The summed E-state index contributed by atoms with van der Waals surface area (Å²) in [5.41, 5.74) is 11.3. The quantitative estimate of drug-likeness (QED) is 0.350. The predicted molar refractivity (Wildman–Crippen MR) is 138 cm³/mol. The molecular weight excluding hydrogens is 444 g/mol. The van der Waals surface area contributed by atoms with Gasteiger partial charge < -0.3 is 15.0 Å². The summed E-state index contributed by atoms with van der Waals surface area (Å²) in [7, 11) is 1.68. The van der Waals surface area contributed by atoms with Crippen LogP contribution in [0.5, 0.6) is 5.75 Å². The lowest BCUT2D eigenvalue weighted by molar-refractivity contribution is 0.410. The van der Waals surface area contributed by atoms with Gasteiger partial charge in [-0.05, 0) is 63.6 Å². The highest BCUT2D eigenvalue weighted by molar-refractivity contribution is 7.15. The molecule has 3 aromatic heterocycles. The lowest BCUT2D eigenvalue weighted by atomic mass is 10.0. The van der Waals surface area contributed by atoms with Crippen LogP contribution >= 0.6 is 11.3 Å². The Labute approximate surface area is 202 Å². The van der Waals surface area contributed by atoms with Crippen LogP contribution in [-0.2, 0) is 5.54 Å². The minimum absolute atomic E-state index is 0.213. The van der Waals surface area contributed by atoms with E-state index in [4.69, 9.17) is 15.5 Å². The Balaban J connectivity index is 1.77. The topological polar surface area (TPSA) is 91.7 Å². The molecule has 0 aliphatic heterocycles. The summed E-state index contributed by atoms with van der Waals surface area (Å²) in [6, 6.07) is 12.3. The summed E-state index contributed by atoms with van der Waals surface area (Å²) < 4.78 is 7.86. The first-order valence-electron chi connectivity index (χ1n) is 11.0. The van der Waals surface area contributed by atoms with Crippen molar-refractivity contribution in [1.29, 1.82) is 0 Å². The van der Waals surface area contributed by atoms with Crippen LogP contribution in [0.15, 0.2) is 55.0 Å². The first kappa shape index (κ1) is 22.0. The van der Waals surface area contributed by atoms with E-state index in [9.17, 15) is 0 Å². The zero-order valence-electron chi connectivity index (χ0n) is 19.8. The fourth-order valence-corrected chi connectivity index (χ4v) is 4.91. The fraction of sp³-hybridized carbons (Fsp3) is 0.231. The van der Waals surface area contributed by atoms with E-state index in [1.807, 2.05) is 18.3 Å². The van der Waals surface area contributed by atoms with Crippen LogP contribution in [0, 0.1) is 6.92 Å². The fourth-order valence-electron chi connectivity index (χ4n) is 4.11. The van der Waals surface area contributed by atoms with Crippen molar-refractivity contribution in [2.45, 2.75) is 33.2 Å². The molecule has 7 nitrogen and oxygen atoms in total. The van der Waals surface area contributed by atoms with E-state index in [0.29, 0.717) is 0 Å². The molecule has 0 bridgehead atoms. The first-order chi connectivity index (χ1) is 16.2. The number of ether oxygens (including phenoxy) is 1. The van der Waals surface area contributed by atoms with Crippen molar-refractivity contribution < 1.29 is 4.74 Å². The summed E-state index contributed by atoms with van der Waals surface area (Å²) >= 11 is 1.67. The summed E-state index contributed by atoms with van der Waals surface area (Å²) in [4.78, 5) is 19.2. The van der Waals surface area contributed by atoms with E-state index in [0.717, 1.165) is 54.7 Å². The van der Waals surface area contributed by atoms with E-state index >= 15 is 0 Å². The minimum atomic E-state index is -0.213. The number of aromatic nitrogens is 5. The molecule has 5 aromatic rings. The monoisotopic (exact) mass is 470 g/mol. The molecule has 2 aromatic carbocycles. The third kappa shape index (κ3) is 3.90. The number of benzene rings is 2. The van der Waals surface area contributed by atoms with Gasteiger partial charge in [0.15, 0.2) is 0 Å². The van der Waals surface area contributed by atoms with Gasteiger partial charge in [-0.25, -0.2) is 19.9 Å². The van der Waals surface area contributed by atoms with Gasteiger partial charge in [-0.2, -0.15) is 0 Å². The molecule has 2 N–H and O–H groups in total. The lowest BCUT2D eigenvalue weighted by Gasteiger charge is -2.25. The molecule has 0 aliphatic carbocycles. The molecule has 0 radical (unpaired) electrons. The maximum absolute atomic E-state index is 5.67. The number of methoxy groups -OCH3 is 1. The first-order valence-corrected chi connectivity index (χ1v) is 11.8. The molecule has 0 fully saturated rings. The van der Waals surface area contributed by atoms with Gasteiger partial charge in [-0.3, -0.25) is 0 Å². The number of thiazole rings is 1. The Hall–Kier alpha value is -3.78. The summed E-state index contributed by atoms with van der Waals surface area (Å²) in [5.74, 6) is 1.90. The molecule has 0 unspecified atom stereocenters. The Morgan fingerprint density at radius 1 is 0.912 bits per heavy atom. The second kappa shape index (κ2) is 8.22. The van der Waals surface area contributed by atoms with Gasteiger partial charge in [0, 0.05) is 45.7 Å². The molecule has 5 rings (SSSR count). The van der Waals surface area contributed by atoms with Gasteiger partial charge in [0.2, 0.25) is 5.95 Å². The van der Waals surface area contributed by atoms with E-state index < -0.39 is 0 Å². The molecule has 172 valence electrons. The van der Waals surface area contributed by atoms with Crippen LogP contribution in [0.4, 0.5) is 5.95 Å². The van der Waals surface area contributed by atoms with Gasteiger partial charge in [0.1, 0.15) is 16.6 Å². The van der Waals surface area contributed by atoms with Gasteiger partial charge in [-0.1, -0.05) is 6.07 Å². The van der Waals surface area contributed by atoms with Crippen LogP contribution in [0.1, 0.15) is 25.6 Å². The number of anilines is 1. The molecule has 8 heteroatoms. The van der Waals surface area contributed by atoms with Crippen molar-refractivity contribution in [2.24, 2.45) is 0 Å². The molecule has 34 heavy (non-hydrogen) atoms. The maximum Gasteiger partial charge on any atom is 0.219 e. The van der Waals surface area contributed by atoms with Gasteiger partial charge >= 0.3 is 0 Å². The van der Waals surface area contributed by atoms with Crippen LogP contribution in [0.25, 0.3) is 44.1 Å². The molecule has 0 amide bonds. The zero-order valence-corrected chi connectivity index (χ0v) is 20.6. The number of imidazole rings is 1. The van der Waals surface area contributed by atoms with Crippen LogP contribution in [0.3, 0.4) is 0 Å². The second-order valence-corrected chi connectivity index (χ2v) is 10.4. The third-order valence-electron chi connectivity index (χ3n) is 5.65. The highest BCUT2D eigenvalue weighted by Gasteiger charge is 2.25.